The van der Waals surface area contributed by atoms with Crippen molar-refractivity contribution >= 4 is 22.2 Å². The van der Waals surface area contributed by atoms with Crippen molar-refractivity contribution in [2.24, 2.45) is 0 Å². The van der Waals surface area contributed by atoms with Crippen LogP contribution in [0.5, 0.6) is 0 Å². The minimum Gasteiger partial charge on any atom is -0.338 e. The van der Waals surface area contributed by atoms with Crippen molar-refractivity contribution in [3.63, 3.8) is 0 Å². The number of nitrogens with zero attached hydrogens (tertiary/aromatic N) is 3. The van der Waals surface area contributed by atoms with Crippen molar-refractivity contribution in [3.05, 3.63) is 82.0 Å². The molecule has 0 spiro atoms. The third-order valence-corrected chi connectivity index (χ3v) is 6.79. The Balaban J connectivity index is 1.38. The van der Waals surface area contributed by atoms with E-state index in [9.17, 15) is 4.79 Å². The van der Waals surface area contributed by atoms with Gasteiger partial charge < -0.3 is 4.90 Å². The Morgan fingerprint density at radius 2 is 1.93 bits per heavy atom. The molecule has 1 aliphatic heterocycles. The zero-order chi connectivity index (χ0) is 20.0. The second-order valence-corrected chi connectivity index (χ2v) is 8.65. The summed E-state index contributed by atoms with van der Waals surface area (Å²) in [5.74, 6) is 0.181. The number of benzene rings is 2. The predicted molar refractivity (Wildman–Crippen MR) is 117 cm³/mol. The summed E-state index contributed by atoms with van der Waals surface area (Å²) < 4.78 is 2.07. The molecule has 5 rings (SSSR count). The number of carbonyl (C=O) groups excluding carboxylic acids is 1. The molecule has 4 aromatic rings. The molecule has 29 heavy (non-hydrogen) atoms. The van der Waals surface area contributed by atoms with Gasteiger partial charge in [0.05, 0.1) is 12.1 Å². The molecule has 146 valence electrons. The topological polar surface area (TPSA) is 37.6 Å². The van der Waals surface area contributed by atoms with E-state index < -0.39 is 0 Å². The number of rotatable bonds is 3. The van der Waals surface area contributed by atoms with Crippen LogP contribution in [0.15, 0.2) is 54.0 Å². The molecule has 2 aromatic heterocycles. The average Bonchev–Trinajstić information content (AvgIpc) is 3.31. The molecule has 0 saturated carbocycles. The Labute approximate surface area is 174 Å². The summed E-state index contributed by atoms with van der Waals surface area (Å²) in [6.45, 7) is 5.74. The van der Waals surface area contributed by atoms with Crippen molar-refractivity contribution in [2.75, 3.05) is 6.54 Å². The van der Waals surface area contributed by atoms with Gasteiger partial charge in [-0.25, -0.2) is 4.98 Å². The summed E-state index contributed by atoms with van der Waals surface area (Å²) in [6.07, 6.45) is 3.40. The van der Waals surface area contributed by atoms with Gasteiger partial charge in [0.1, 0.15) is 0 Å². The maximum Gasteiger partial charge on any atom is 0.228 e. The van der Waals surface area contributed by atoms with Crippen molar-refractivity contribution in [1.29, 1.82) is 0 Å². The Morgan fingerprint density at radius 3 is 2.76 bits per heavy atom. The summed E-state index contributed by atoms with van der Waals surface area (Å²) in [4.78, 5) is 20.7. The normalized spacial score (nSPS) is 13.7. The van der Waals surface area contributed by atoms with E-state index in [1.54, 1.807) is 11.3 Å². The van der Waals surface area contributed by atoms with Crippen LogP contribution in [0.3, 0.4) is 0 Å². The zero-order valence-electron chi connectivity index (χ0n) is 16.7. The van der Waals surface area contributed by atoms with Crippen molar-refractivity contribution in [1.82, 2.24) is 14.3 Å². The van der Waals surface area contributed by atoms with Gasteiger partial charge in [0.2, 0.25) is 5.91 Å². The molecule has 3 heterocycles. The Bertz CT molecular complexity index is 1220. The number of amides is 1. The van der Waals surface area contributed by atoms with Crippen LogP contribution in [0.1, 0.15) is 27.9 Å². The van der Waals surface area contributed by atoms with Crippen molar-refractivity contribution in [2.45, 2.75) is 33.2 Å². The highest BCUT2D eigenvalue weighted by atomic mass is 32.1. The van der Waals surface area contributed by atoms with Gasteiger partial charge in [-0.15, -0.1) is 11.3 Å². The molecule has 0 saturated heterocycles. The molecule has 4 nitrogen and oxygen atoms in total. The minimum absolute atomic E-state index is 0.181. The molecule has 0 radical (unpaired) electrons. The quantitative estimate of drug-likeness (QED) is 0.494. The summed E-state index contributed by atoms with van der Waals surface area (Å²) in [7, 11) is 0. The lowest BCUT2D eigenvalue weighted by molar-refractivity contribution is -0.131. The monoisotopic (exact) mass is 401 g/mol. The van der Waals surface area contributed by atoms with Crippen LogP contribution in [0.4, 0.5) is 0 Å². The molecule has 2 aromatic carbocycles. The van der Waals surface area contributed by atoms with Gasteiger partial charge in [0.15, 0.2) is 4.96 Å². The Kier molecular flexibility index (Phi) is 4.47. The number of thiazole rings is 1. The van der Waals surface area contributed by atoms with Gasteiger partial charge in [-0.2, -0.15) is 0 Å². The fraction of sp³-hybridized carbons (Fsp3) is 0.250. The molecule has 0 N–H and O–H groups in total. The molecule has 0 fully saturated rings. The maximum atomic E-state index is 13.0. The van der Waals surface area contributed by atoms with Gasteiger partial charge in [-0.1, -0.05) is 36.4 Å². The van der Waals surface area contributed by atoms with Gasteiger partial charge in [0, 0.05) is 35.9 Å². The standard InChI is InChI=1S/C24H23N3OS/c1-16-7-8-19(11-17(16)2)22-14-27-21(15-29-24(27)25-22)12-23(28)26-10-9-18-5-3-4-6-20(18)13-26/h3-8,11,14-15H,9-10,12-13H2,1-2H3. The third-order valence-electron chi connectivity index (χ3n) is 5.90. The Hall–Kier alpha value is -2.92. The van der Waals surface area contributed by atoms with E-state index in [2.05, 4.69) is 72.3 Å². The number of fused-ring (bicyclic) bond motifs is 2. The highest BCUT2D eigenvalue weighted by Crippen LogP contribution is 2.26. The van der Waals surface area contributed by atoms with E-state index in [0.717, 1.165) is 34.9 Å². The Morgan fingerprint density at radius 1 is 1.10 bits per heavy atom. The number of carbonyl (C=O) groups is 1. The fourth-order valence-electron chi connectivity index (χ4n) is 3.97. The van der Waals surface area contributed by atoms with Crippen LogP contribution in [-0.2, 0) is 24.2 Å². The summed E-state index contributed by atoms with van der Waals surface area (Å²) in [5, 5.41) is 2.06. The van der Waals surface area contributed by atoms with Crippen LogP contribution in [0, 0.1) is 13.8 Å². The largest absolute Gasteiger partial charge is 0.338 e. The molecular formula is C24H23N3OS. The number of aryl methyl sites for hydroxylation is 2. The fourth-order valence-corrected chi connectivity index (χ4v) is 4.84. The molecule has 0 unspecified atom stereocenters. The SMILES string of the molecule is Cc1ccc(-c2cn3c(CC(=O)N4CCc5ccccc5C4)csc3n2)cc1C. The summed E-state index contributed by atoms with van der Waals surface area (Å²) >= 11 is 1.60. The second-order valence-electron chi connectivity index (χ2n) is 7.82. The smallest absolute Gasteiger partial charge is 0.228 e. The van der Waals surface area contributed by atoms with E-state index in [1.807, 2.05) is 4.90 Å². The highest BCUT2D eigenvalue weighted by molar-refractivity contribution is 7.15. The zero-order valence-corrected chi connectivity index (χ0v) is 17.5. The molecule has 0 bridgehead atoms. The molecular weight excluding hydrogens is 378 g/mol. The number of aromatic nitrogens is 2. The second kappa shape index (κ2) is 7.16. The van der Waals surface area contributed by atoms with Crippen LogP contribution in [0.2, 0.25) is 0 Å². The minimum atomic E-state index is 0.181. The summed E-state index contributed by atoms with van der Waals surface area (Å²) in [5.41, 5.74) is 8.26. The molecule has 5 heteroatoms. The highest BCUT2D eigenvalue weighted by Gasteiger charge is 2.22. The predicted octanol–water partition coefficient (Wildman–Crippen LogP) is 4.81. The van der Waals surface area contributed by atoms with E-state index in [4.69, 9.17) is 4.98 Å². The summed E-state index contributed by atoms with van der Waals surface area (Å²) in [6, 6.07) is 14.8. The average molecular weight is 402 g/mol. The lowest BCUT2D eigenvalue weighted by Gasteiger charge is -2.28. The van der Waals surface area contributed by atoms with Crippen LogP contribution in [-0.4, -0.2) is 26.7 Å². The lowest BCUT2D eigenvalue weighted by atomic mass is 10.00. The molecule has 0 aliphatic carbocycles. The van der Waals surface area contributed by atoms with Crippen LogP contribution in [0.25, 0.3) is 16.2 Å². The van der Waals surface area contributed by atoms with E-state index >= 15 is 0 Å². The number of imidazole rings is 1. The first-order chi connectivity index (χ1) is 14.1. The number of hydrogen-bond donors (Lipinski definition) is 0. The molecule has 1 aliphatic rings. The van der Waals surface area contributed by atoms with Crippen molar-refractivity contribution < 1.29 is 4.79 Å². The van der Waals surface area contributed by atoms with Gasteiger partial charge in [0.25, 0.3) is 0 Å². The van der Waals surface area contributed by atoms with E-state index in [0.29, 0.717) is 13.0 Å². The van der Waals surface area contributed by atoms with Crippen LogP contribution >= 0.6 is 11.3 Å². The van der Waals surface area contributed by atoms with Gasteiger partial charge in [-0.05, 0) is 48.6 Å². The van der Waals surface area contributed by atoms with Crippen molar-refractivity contribution in [3.8, 4) is 11.3 Å². The van der Waals surface area contributed by atoms with Crippen LogP contribution < -0.4 is 0 Å². The maximum absolute atomic E-state index is 13.0. The first-order valence-electron chi connectivity index (χ1n) is 9.96. The van der Waals surface area contributed by atoms with Gasteiger partial charge >= 0.3 is 0 Å². The van der Waals surface area contributed by atoms with E-state index in [-0.39, 0.29) is 5.91 Å². The molecule has 0 atom stereocenters. The van der Waals surface area contributed by atoms with Gasteiger partial charge in [-0.3, -0.25) is 9.20 Å². The third kappa shape index (κ3) is 3.36. The number of hydrogen-bond acceptors (Lipinski definition) is 3. The van der Waals surface area contributed by atoms with E-state index in [1.165, 1.54) is 22.3 Å². The first-order valence-corrected chi connectivity index (χ1v) is 10.8. The molecule has 1 amide bonds. The lowest BCUT2D eigenvalue weighted by Crippen LogP contribution is -2.37. The first kappa shape index (κ1) is 18.1.